The van der Waals surface area contributed by atoms with Gasteiger partial charge < -0.3 is 9.80 Å². The van der Waals surface area contributed by atoms with E-state index in [-0.39, 0.29) is 5.91 Å². The van der Waals surface area contributed by atoms with Gasteiger partial charge in [-0.1, -0.05) is 22.0 Å². The van der Waals surface area contributed by atoms with Crippen LogP contribution in [0.5, 0.6) is 0 Å². The molecule has 0 saturated carbocycles. The smallest absolute Gasteiger partial charge is 0.257 e. The van der Waals surface area contributed by atoms with Gasteiger partial charge in [0.15, 0.2) is 0 Å². The monoisotopic (exact) mass is 425 g/mol. The van der Waals surface area contributed by atoms with Gasteiger partial charge in [-0.3, -0.25) is 9.78 Å². The average Bonchev–Trinajstić information content (AvgIpc) is 3.09. The van der Waals surface area contributed by atoms with Crippen LogP contribution in [-0.2, 0) is 0 Å². The lowest BCUT2D eigenvalue weighted by Crippen LogP contribution is -2.48. The third-order valence-electron chi connectivity index (χ3n) is 4.89. The lowest BCUT2D eigenvalue weighted by Gasteiger charge is -2.36. The van der Waals surface area contributed by atoms with E-state index in [2.05, 4.69) is 30.9 Å². The van der Waals surface area contributed by atoms with Gasteiger partial charge in [0, 0.05) is 48.7 Å². The number of halogens is 1. The average molecular weight is 426 g/mol. The predicted octanol–water partition coefficient (Wildman–Crippen LogP) is 3.30. The quantitative estimate of drug-likeness (QED) is 0.645. The summed E-state index contributed by atoms with van der Waals surface area (Å²) in [6, 6.07) is 11.9. The fourth-order valence-corrected chi connectivity index (χ4v) is 3.77. The zero-order valence-electron chi connectivity index (χ0n) is 15.0. The minimum atomic E-state index is 0.0446. The second kappa shape index (κ2) is 7.52. The highest BCUT2D eigenvalue weighted by molar-refractivity contribution is 9.10. The number of piperazine rings is 1. The Morgan fingerprint density at radius 1 is 1.04 bits per heavy atom. The van der Waals surface area contributed by atoms with Crippen LogP contribution in [0.15, 0.2) is 59.5 Å². The molecule has 7 heteroatoms. The summed E-state index contributed by atoms with van der Waals surface area (Å²) >= 11 is 3.48. The van der Waals surface area contributed by atoms with Crippen molar-refractivity contribution in [3.05, 3.63) is 70.7 Å². The number of carbonyl (C=O) groups is 1. The highest BCUT2D eigenvalue weighted by atomic mass is 79.9. The molecule has 1 amide bonds. The summed E-state index contributed by atoms with van der Waals surface area (Å²) < 4.78 is 2.79. The molecule has 3 aromatic rings. The molecule has 0 unspecified atom stereocenters. The molecule has 3 heterocycles. The van der Waals surface area contributed by atoms with Crippen LogP contribution < -0.4 is 4.90 Å². The summed E-state index contributed by atoms with van der Waals surface area (Å²) in [4.78, 5) is 21.3. The number of aromatic nitrogens is 3. The molecule has 6 nitrogen and oxygen atoms in total. The molecule has 1 aliphatic heterocycles. The number of rotatable bonds is 3. The number of benzene rings is 1. The van der Waals surface area contributed by atoms with Crippen molar-refractivity contribution < 1.29 is 4.79 Å². The van der Waals surface area contributed by atoms with Crippen LogP contribution in [-0.4, -0.2) is 51.8 Å². The number of anilines is 1. The van der Waals surface area contributed by atoms with Gasteiger partial charge in [0.1, 0.15) is 0 Å². The maximum absolute atomic E-state index is 13.0. The lowest BCUT2D eigenvalue weighted by atomic mass is 10.2. The molecule has 1 aliphatic rings. The van der Waals surface area contributed by atoms with E-state index in [1.54, 1.807) is 18.6 Å². The number of amides is 1. The van der Waals surface area contributed by atoms with Crippen molar-refractivity contribution >= 4 is 27.5 Å². The topological polar surface area (TPSA) is 54.3 Å². The van der Waals surface area contributed by atoms with Gasteiger partial charge in [0.2, 0.25) is 0 Å². The number of nitrogens with zero attached hydrogens (tertiary/aromatic N) is 5. The Labute approximate surface area is 166 Å². The predicted molar refractivity (Wildman–Crippen MR) is 108 cm³/mol. The van der Waals surface area contributed by atoms with Crippen LogP contribution in [0, 0.1) is 6.92 Å². The SMILES string of the molecule is Cc1c(C(=O)N2CCN(c3ccncc3)CC2)cnn1-c1cccc(Br)c1. The van der Waals surface area contributed by atoms with Gasteiger partial charge in [-0.2, -0.15) is 5.10 Å². The van der Waals surface area contributed by atoms with Crippen LogP contribution >= 0.6 is 15.9 Å². The maximum Gasteiger partial charge on any atom is 0.257 e. The van der Waals surface area contributed by atoms with Gasteiger partial charge in [-0.25, -0.2) is 4.68 Å². The highest BCUT2D eigenvalue weighted by Gasteiger charge is 2.25. The molecule has 0 bridgehead atoms. The molecule has 1 aromatic carbocycles. The molecule has 0 spiro atoms. The highest BCUT2D eigenvalue weighted by Crippen LogP contribution is 2.21. The van der Waals surface area contributed by atoms with E-state index in [0.717, 1.165) is 34.6 Å². The molecule has 1 fully saturated rings. The molecule has 138 valence electrons. The van der Waals surface area contributed by atoms with Crippen molar-refractivity contribution in [2.45, 2.75) is 6.92 Å². The van der Waals surface area contributed by atoms with E-state index in [0.29, 0.717) is 18.7 Å². The third kappa shape index (κ3) is 3.60. The molecular weight excluding hydrogens is 406 g/mol. The Hall–Kier alpha value is -2.67. The van der Waals surface area contributed by atoms with Crippen molar-refractivity contribution in [3.8, 4) is 5.69 Å². The Bertz CT molecular complexity index is 948. The van der Waals surface area contributed by atoms with Gasteiger partial charge in [-0.15, -0.1) is 0 Å². The van der Waals surface area contributed by atoms with Crippen LogP contribution in [0.1, 0.15) is 16.1 Å². The summed E-state index contributed by atoms with van der Waals surface area (Å²) in [6.45, 7) is 4.96. The van der Waals surface area contributed by atoms with E-state index in [9.17, 15) is 4.79 Å². The fraction of sp³-hybridized carbons (Fsp3) is 0.250. The number of hydrogen-bond acceptors (Lipinski definition) is 4. The van der Waals surface area contributed by atoms with Crippen molar-refractivity contribution in [1.29, 1.82) is 0 Å². The Balaban J connectivity index is 1.48. The normalized spacial score (nSPS) is 14.4. The second-order valence-electron chi connectivity index (χ2n) is 6.52. The standard InChI is InChI=1S/C20H20BrN5O/c1-15-19(14-23-26(15)18-4-2-3-16(21)13-18)20(27)25-11-9-24(10-12-25)17-5-7-22-8-6-17/h2-8,13-14H,9-12H2,1H3. The third-order valence-corrected chi connectivity index (χ3v) is 5.38. The van der Waals surface area contributed by atoms with Gasteiger partial charge in [0.05, 0.1) is 23.1 Å². The first kappa shape index (κ1) is 17.7. The Kier molecular flexibility index (Phi) is 4.94. The van der Waals surface area contributed by atoms with Crippen molar-refractivity contribution in [2.75, 3.05) is 31.1 Å². The number of pyridine rings is 1. The first-order valence-electron chi connectivity index (χ1n) is 8.88. The lowest BCUT2D eigenvalue weighted by molar-refractivity contribution is 0.0746. The van der Waals surface area contributed by atoms with Crippen LogP contribution in [0.2, 0.25) is 0 Å². The molecule has 0 radical (unpaired) electrons. The largest absolute Gasteiger partial charge is 0.368 e. The summed E-state index contributed by atoms with van der Waals surface area (Å²) in [5, 5.41) is 4.44. The molecule has 0 atom stereocenters. The minimum absolute atomic E-state index is 0.0446. The van der Waals surface area contributed by atoms with E-state index in [1.807, 2.05) is 52.9 Å². The van der Waals surface area contributed by atoms with E-state index >= 15 is 0 Å². The molecule has 0 N–H and O–H groups in total. The van der Waals surface area contributed by atoms with Crippen LogP contribution in [0.25, 0.3) is 5.69 Å². The molecule has 27 heavy (non-hydrogen) atoms. The Morgan fingerprint density at radius 3 is 2.48 bits per heavy atom. The van der Waals surface area contributed by atoms with Crippen molar-refractivity contribution in [2.24, 2.45) is 0 Å². The molecular formula is C20H20BrN5O. The van der Waals surface area contributed by atoms with Gasteiger partial charge in [0.25, 0.3) is 5.91 Å². The first-order valence-corrected chi connectivity index (χ1v) is 9.67. The van der Waals surface area contributed by atoms with E-state index in [1.165, 1.54) is 0 Å². The minimum Gasteiger partial charge on any atom is -0.368 e. The summed E-state index contributed by atoms with van der Waals surface area (Å²) in [5.41, 5.74) is 3.60. The molecule has 2 aromatic heterocycles. The molecule has 0 aliphatic carbocycles. The summed E-state index contributed by atoms with van der Waals surface area (Å²) in [5.74, 6) is 0.0446. The molecule has 4 rings (SSSR count). The maximum atomic E-state index is 13.0. The first-order chi connectivity index (χ1) is 13.1. The fourth-order valence-electron chi connectivity index (χ4n) is 3.38. The second-order valence-corrected chi connectivity index (χ2v) is 7.44. The Morgan fingerprint density at radius 2 is 1.78 bits per heavy atom. The number of hydrogen-bond donors (Lipinski definition) is 0. The number of carbonyl (C=O) groups excluding carboxylic acids is 1. The summed E-state index contributed by atoms with van der Waals surface area (Å²) in [7, 11) is 0. The van der Waals surface area contributed by atoms with Crippen molar-refractivity contribution in [3.63, 3.8) is 0 Å². The van der Waals surface area contributed by atoms with Gasteiger partial charge >= 0.3 is 0 Å². The van der Waals surface area contributed by atoms with Crippen LogP contribution in [0.3, 0.4) is 0 Å². The zero-order valence-corrected chi connectivity index (χ0v) is 16.6. The van der Waals surface area contributed by atoms with E-state index < -0.39 is 0 Å². The van der Waals surface area contributed by atoms with Crippen molar-refractivity contribution in [1.82, 2.24) is 19.7 Å². The summed E-state index contributed by atoms with van der Waals surface area (Å²) in [6.07, 6.45) is 5.27. The van der Waals surface area contributed by atoms with Crippen LogP contribution in [0.4, 0.5) is 5.69 Å². The van der Waals surface area contributed by atoms with E-state index in [4.69, 9.17) is 0 Å². The molecule has 1 saturated heterocycles. The zero-order chi connectivity index (χ0) is 18.8. The van der Waals surface area contributed by atoms with Gasteiger partial charge in [-0.05, 0) is 37.3 Å².